The van der Waals surface area contributed by atoms with Gasteiger partial charge in [-0.25, -0.2) is 9.37 Å². The van der Waals surface area contributed by atoms with Gasteiger partial charge in [0.15, 0.2) is 5.78 Å². The van der Waals surface area contributed by atoms with Gasteiger partial charge in [-0.15, -0.1) is 11.3 Å². The summed E-state index contributed by atoms with van der Waals surface area (Å²) in [5.41, 5.74) is 6.01. The van der Waals surface area contributed by atoms with E-state index >= 15 is 0 Å². The first kappa shape index (κ1) is 13.1. The molecule has 1 heterocycles. The molecule has 3 nitrogen and oxygen atoms in total. The lowest BCUT2D eigenvalue weighted by atomic mass is 10.1. The van der Waals surface area contributed by atoms with Crippen LogP contribution in [0.2, 0.25) is 5.02 Å². The summed E-state index contributed by atoms with van der Waals surface area (Å²) >= 11 is 7.08. The Labute approximate surface area is 112 Å². The predicted octanol–water partition coefficient (Wildman–Crippen LogP) is 2.82. The van der Waals surface area contributed by atoms with E-state index in [4.69, 9.17) is 17.3 Å². The van der Waals surface area contributed by atoms with Crippen molar-refractivity contribution >= 4 is 28.7 Å². The largest absolute Gasteiger partial charge is 0.325 e. The maximum absolute atomic E-state index is 13.5. The molecular weight excluding hydrogens is 275 g/mol. The Balaban J connectivity index is 2.18. The SMILES string of the molecule is NCc1nc(C(=O)Cc2cc(Cl)ccc2F)cs1. The molecule has 1 aromatic heterocycles. The molecule has 0 radical (unpaired) electrons. The van der Waals surface area contributed by atoms with Crippen molar-refractivity contribution in [1.82, 2.24) is 4.98 Å². The smallest absolute Gasteiger partial charge is 0.186 e. The van der Waals surface area contributed by atoms with Crippen molar-refractivity contribution in [2.75, 3.05) is 0 Å². The molecule has 0 fully saturated rings. The minimum atomic E-state index is -0.443. The van der Waals surface area contributed by atoms with Crippen molar-refractivity contribution in [3.63, 3.8) is 0 Å². The molecule has 0 saturated carbocycles. The summed E-state index contributed by atoms with van der Waals surface area (Å²) in [5.74, 6) is -0.686. The highest BCUT2D eigenvalue weighted by molar-refractivity contribution is 7.09. The van der Waals surface area contributed by atoms with Gasteiger partial charge in [-0.2, -0.15) is 0 Å². The fourth-order valence-corrected chi connectivity index (χ4v) is 2.35. The number of halogens is 2. The Bertz CT molecular complexity index is 585. The van der Waals surface area contributed by atoms with Crippen molar-refractivity contribution in [1.29, 1.82) is 0 Å². The molecule has 0 bridgehead atoms. The van der Waals surface area contributed by atoms with Crippen LogP contribution in [0.4, 0.5) is 4.39 Å². The number of ketones is 1. The number of rotatable bonds is 4. The van der Waals surface area contributed by atoms with Crippen LogP contribution in [-0.4, -0.2) is 10.8 Å². The van der Waals surface area contributed by atoms with E-state index in [9.17, 15) is 9.18 Å². The molecule has 2 aromatic rings. The van der Waals surface area contributed by atoms with Gasteiger partial charge in [-0.1, -0.05) is 11.6 Å². The highest BCUT2D eigenvalue weighted by atomic mass is 35.5. The first-order valence-electron chi connectivity index (χ1n) is 5.21. The molecule has 0 amide bonds. The average molecular weight is 285 g/mol. The van der Waals surface area contributed by atoms with Gasteiger partial charge in [0.2, 0.25) is 0 Å². The number of carbonyl (C=O) groups is 1. The Morgan fingerprint density at radius 1 is 1.50 bits per heavy atom. The maximum atomic E-state index is 13.5. The zero-order chi connectivity index (χ0) is 13.1. The van der Waals surface area contributed by atoms with Crippen molar-refractivity contribution in [2.45, 2.75) is 13.0 Å². The van der Waals surface area contributed by atoms with E-state index in [0.717, 1.165) is 0 Å². The maximum Gasteiger partial charge on any atom is 0.186 e. The third kappa shape index (κ3) is 2.93. The van der Waals surface area contributed by atoms with E-state index in [1.54, 1.807) is 5.38 Å². The summed E-state index contributed by atoms with van der Waals surface area (Å²) in [5, 5.41) is 2.72. The van der Waals surface area contributed by atoms with Crippen molar-refractivity contribution in [3.8, 4) is 0 Å². The zero-order valence-corrected chi connectivity index (χ0v) is 10.9. The second kappa shape index (κ2) is 5.56. The van der Waals surface area contributed by atoms with E-state index < -0.39 is 5.82 Å². The number of carbonyl (C=O) groups excluding carboxylic acids is 1. The van der Waals surface area contributed by atoms with Crippen LogP contribution in [0.25, 0.3) is 0 Å². The lowest BCUT2D eigenvalue weighted by Crippen LogP contribution is -2.06. The third-order valence-electron chi connectivity index (χ3n) is 2.37. The van der Waals surface area contributed by atoms with Crippen LogP contribution in [0, 0.1) is 5.82 Å². The van der Waals surface area contributed by atoms with Crippen LogP contribution in [-0.2, 0) is 13.0 Å². The van der Waals surface area contributed by atoms with Gasteiger partial charge in [-0.05, 0) is 23.8 Å². The van der Waals surface area contributed by atoms with E-state index in [2.05, 4.69) is 4.98 Å². The number of nitrogens with zero attached hydrogens (tertiary/aromatic N) is 1. The number of hydrogen-bond donors (Lipinski definition) is 1. The Hall–Kier alpha value is -1.30. The third-order valence-corrected chi connectivity index (χ3v) is 3.48. The summed E-state index contributed by atoms with van der Waals surface area (Å²) in [6.07, 6.45) is -0.0554. The van der Waals surface area contributed by atoms with Gasteiger partial charge in [0.25, 0.3) is 0 Å². The normalized spacial score (nSPS) is 10.6. The van der Waals surface area contributed by atoms with Crippen LogP contribution in [0.5, 0.6) is 0 Å². The van der Waals surface area contributed by atoms with Gasteiger partial charge in [-0.3, -0.25) is 4.79 Å². The topological polar surface area (TPSA) is 56.0 Å². The van der Waals surface area contributed by atoms with Crippen LogP contribution in [0.1, 0.15) is 21.1 Å². The Morgan fingerprint density at radius 2 is 2.28 bits per heavy atom. The van der Waals surface area contributed by atoms with Gasteiger partial charge < -0.3 is 5.73 Å². The number of hydrogen-bond acceptors (Lipinski definition) is 4. The molecule has 0 aliphatic carbocycles. The number of aromatic nitrogens is 1. The van der Waals surface area contributed by atoms with Gasteiger partial charge >= 0.3 is 0 Å². The molecule has 0 spiro atoms. The second-order valence-corrected chi connectivity index (χ2v) is 5.05. The molecule has 18 heavy (non-hydrogen) atoms. The fraction of sp³-hybridized carbons (Fsp3) is 0.167. The van der Waals surface area contributed by atoms with Crippen LogP contribution >= 0.6 is 22.9 Å². The quantitative estimate of drug-likeness (QED) is 0.879. The van der Waals surface area contributed by atoms with Crippen LogP contribution < -0.4 is 5.73 Å². The number of thiazole rings is 1. The van der Waals surface area contributed by atoms with Crippen molar-refractivity contribution < 1.29 is 9.18 Å². The van der Waals surface area contributed by atoms with Crippen molar-refractivity contribution in [3.05, 3.63) is 50.7 Å². The minimum Gasteiger partial charge on any atom is -0.325 e. The zero-order valence-electron chi connectivity index (χ0n) is 9.32. The van der Waals surface area contributed by atoms with E-state index in [-0.39, 0.29) is 17.8 Å². The molecule has 94 valence electrons. The first-order chi connectivity index (χ1) is 8.60. The van der Waals surface area contributed by atoms with E-state index in [1.165, 1.54) is 29.5 Å². The standard InChI is InChI=1S/C12H10ClFN2OS/c13-8-1-2-9(14)7(3-8)4-11(17)10-6-18-12(5-15)16-10/h1-3,6H,4-5,15H2. The number of Topliss-reactive ketones (excluding diaryl/α,β-unsaturated/α-hetero) is 1. The number of nitrogens with two attached hydrogens (primary N) is 1. The average Bonchev–Trinajstić information content (AvgIpc) is 2.82. The summed E-state index contributed by atoms with van der Waals surface area (Å²) in [6, 6.07) is 4.14. The van der Waals surface area contributed by atoms with Gasteiger partial charge in [0.1, 0.15) is 16.5 Å². The highest BCUT2D eigenvalue weighted by Crippen LogP contribution is 2.18. The summed E-state index contributed by atoms with van der Waals surface area (Å²) in [6.45, 7) is 0.295. The molecule has 0 unspecified atom stereocenters. The van der Waals surface area contributed by atoms with Gasteiger partial charge in [0.05, 0.1) is 0 Å². The Kier molecular flexibility index (Phi) is 4.06. The van der Waals surface area contributed by atoms with Crippen molar-refractivity contribution in [2.24, 2.45) is 5.73 Å². The molecule has 0 aliphatic rings. The monoisotopic (exact) mass is 284 g/mol. The molecule has 6 heteroatoms. The van der Waals surface area contributed by atoms with Gasteiger partial charge in [0, 0.05) is 23.4 Å². The highest BCUT2D eigenvalue weighted by Gasteiger charge is 2.14. The lowest BCUT2D eigenvalue weighted by Gasteiger charge is -2.01. The van der Waals surface area contributed by atoms with Crippen LogP contribution in [0.15, 0.2) is 23.6 Å². The number of benzene rings is 1. The van der Waals surface area contributed by atoms with Crippen LogP contribution in [0.3, 0.4) is 0 Å². The molecule has 0 atom stereocenters. The first-order valence-corrected chi connectivity index (χ1v) is 6.47. The molecule has 0 saturated heterocycles. The fourth-order valence-electron chi connectivity index (χ4n) is 1.48. The van der Waals surface area contributed by atoms with E-state index in [0.29, 0.717) is 22.3 Å². The molecule has 0 aliphatic heterocycles. The molecule has 1 aromatic carbocycles. The molecule has 2 rings (SSSR count). The predicted molar refractivity (Wildman–Crippen MR) is 69.4 cm³/mol. The van der Waals surface area contributed by atoms with E-state index in [1.807, 2.05) is 0 Å². The summed E-state index contributed by atoms with van der Waals surface area (Å²) in [4.78, 5) is 16.0. The minimum absolute atomic E-state index is 0.0554. The Morgan fingerprint density at radius 3 is 2.94 bits per heavy atom. The second-order valence-electron chi connectivity index (χ2n) is 3.67. The lowest BCUT2D eigenvalue weighted by molar-refractivity contribution is 0.0987. The molecular formula is C12H10ClFN2OS. The summed E-state index contributed by atoms with van der Waals surface area (Å²) < 4.78 is 13.5. The molecule has 2 N–H and O–H groups in total. The summed E-state index contributed by atoms with van der Waals surface area (Å²) in [7, 11) is 0.